The molecule has 0 atom stereocenters. The van der Waals surface area contributed by atoms with Crippen molar-refractivity contribution in [3.63, 3.8) is 0 Å². The molecule has 27 heavy (non-hydrogen) atoms. The molecule has 0 unspecified atom stereocenters. The van der Waals surface area contributed by atoms with Crippen LogP contribution in [0.1, 0.15) is 17.3 Å². The Hall–Kier alpha value is -2.71. The summed E-state index contributed by atoms with van der Waals surface area (Å²) in [6.45, 7) is 5.44. The molecule has 6 nitrogen and oxygen atoms in total. The topological polar surface area (TPSA) is 81.1 Å². The number of thiophene rings is 1. The summed E-state index contributed by atoms with van der Waals surface area (Å²) in [6, 6.07) is 8.59. The SMILES string of the molecule is C=CCn1c(SCC(=O)Nc2ccccc2C(C)=O)nc2sccc2c1=O. The van der Waals surface area contributed by atoms with Gasteiger partial charge in [0, 0.05) is 12.1 Å². The maximum Gasteiger partial charge on any atom is 0.263 e. The average molecular weight is 399 g/mol. The van der Waals surface area contributed by atoms with Gasteiger partial charge >= 0.3 is 0 Å². The molecule has 0 aliphatic rings. The second kappa shape index (κ2) is 8.32. The zero-order chi connectivity index (χ0) is 19.4. The molecule has 138 valence electrons. The molecule has 0 saturated heterocycles. The molecule has 3 rings (SSSR count). The Morgan fingerprint density at radius 1 is 1.33 bits per heavy atom. The predicted molar refractivity (Wildman–Crippen MR) is 110 cm³/mol. The van der Waals surface area contributed by atoms with Crippen molar-refractivity contribution in [2.75, 3.05) is 11.1 Å². The largest absolute Gasteiger partial charge is 0.325 e. The highest BCUT2D eigenvalue weighted by molar-refractivity contribution is 7.99. The number of fused-ring (bicyclic) bond motifs is 1. The van der Waals surface area contributed by atoms with Crippen LogP contribution in [0.5, 0.6) is 0 Å². The summed E-state index contributed by atoms with van der Waals surface area (Å²) >= 11 is 2.56. The Kier molecular flexibility index (Phi) is 5.88. The number of allylic oxidation sites excluding steroid dienone is 1. The number of benzene rings is 1. The second-order valence-electron chi connectivity index (χ2n) is 5.68. The minimum absolute atomic E-state index is 0.0622. The summed E-state index contributed by atoms with van der Waals surface area (Å²) in [7, 11) is 0. The number of nitrogens with one attached hydrogen (secondary N) is 1. The fourth-order valence-corrected chi connectivity index (χ4v) is 4.16. The molecule has 2 aromatic heterocycles. The molecule has 0 bridgehead atoms. The lowest BCUT2D eigenvalue weighted by Gasteiger charge is -2.11. The number of hydrogen-bond donors (Lipinski definition) is 1. The van der Waals surface area contributed by atoms with E-state index in [1.54, 1.807) is 36.4 Å². The highest BCUT2D eigenvalue weighted by Gasteiger charge is 2.14. The summed E-state index contributed by atoms with van der Waals surface area (Å²) in [5, 5.41) is 5.59. The Labute approximate surface area is 163 Å². The van der Waals surface area contributed by atoms with E-state index >= 15 is 0 Å². The van der Waals surface area contributed by atoms with E-state index in [0.29, 0.717) is 33.2 Å². The van der Waals surface area contributed by atoms with E-state index in [4.69, 9.17) is 0 Å². The van der Waals surface area contributed by atoms with Crippen molar-refractivity contribution in [3.05, 3.63) is 64.3 Å². The van der Waals surface area contributed by atoms with E-state index in [9.17, 15) is 14.4 Å². The summed E-state index contributed by atoms with van der Waals surface area (Å²) in [6.07, 6.45) is 1.62. The number of para-hydroxylation sites is 1. The first-order valence-corrected chi connectivity index (χ1v) is 9.99. The van der Waals surface area contributed by atoms with Crippen LogP contribution in [0.3, 0.4) is 0 Å². The molecule has 2 heterocycles. The first-order valence-electron chi connectivity index (χ1n) is 8.13. The molecule has 0 aliphatic carbocycles. The molecule has 0 fully saturated rings. The standard InChI is InChI=1S/C19H17N3O3S2/c1-3-9-22-18(25)14-8-10-26-17(14)21-19(22)27-11-16(24)20-15-7-5-4-6-13(15)12(2)23/h3-8,10H,1,9,11H2,2H3,(H,20,24). The summed E-state index contributed by atoms with van der Waals surface area (Å²) in [5.41, 5.74) is 0.782. The van der Waals surface area contributed by atoms with E-state index in [0.717, 1.165) is 0 Å². The average Bonchev–Trinajstić information content (AvgIpc) is 3.12. The molecule has 1 N–H and O–H groups in total. The summed E-state index contributed by atoms with van der Waals surface area (Å²) < 4.78 is 1.50. The van der Waals surface area contributed by atoms with Crippen LogP contribution in [0.25, 0.3) is 10.2 Å². The third-order valence-electron chi connectivity index (χ3n) is 3.77. The van der Waals surface area contributed by atoms with Crippen LogP contribution in [-0.2, 0) is 11.3 Å². The normalized spacial score (nSPS) is 10.7. The number of thioether (sulfide) groups is 1. The molecule has 0 spiro atoms. The van der Waals surface area contributed by atoms with Crippen LogP contribution in [0.2, 0.25) is 0 Å². The third kappa shape index (κ3) is 4.17. The Bertz CT molecular complexity index is 1090. The number of hydrogen-bond acceptors (Lipinski definition) is 6. The van der Waals surface area contributed by atoms with Crippen molar-refractivity contribution in [1.29, 1.82) is 0 Å². The third-order valence-corrected chi connectivity index (χ3v) is 5.56. The lowest BCUT2D eigenvalue weighted by Crippen LogP contribution is -2.23. The van der Waals surface area contributed by atoms with Gasteiger partial charge in [-0.05, 0) is 30.5 Å². The molecule has 0 radical (unpaired) electrons. The van der Waals surface area contributed by atoms with Gasteiger partial charge in [-0.25, -0.2) is 4.98 Å². The Morgan fingerprint density at radius 2 is 2.11 bits per heavy atom. The van der Waals surface area contributed by atoms with Gasteiger partial charge in [-0.2, -0.15) is 0 Å². The Balaban J connectivity index is 1.79. The van der Waals surface area contributed by atoms with Gasteiger partial charge in [-0.1, -0.05) is 30.0 Å². The maximum absolute atomic E-state index is 12.6. The van der Waals surface area contributed by atoms with E-state index in [2.05, 4.69) is 16.9 Å². The number of rotatable bonds is 7. The number of carbonyl (C=O) groups is 2. The molecular formula is C19H17N3O3S2. The lowest BCUT2D eigenvalue weighted by atomic mass is 10.1. The van der Waals surface area contributed by atoms with Gasteiger partial charge in [-0.15, -0.1) is 17.9 Å². The first-order chi connectivity index (χ1) is 13.0. The van der Waals surface area contributed by atoms with Crippen molar-refractivity contribution in [2.24, 2.45) is 0 Å². The van der Waals surface area contributed by atoms with Crippen LogP contribution in [0.4, 0.5) is 5.69 Å². The van der Waals surface area contributed by atoms with Gasteiger partial charge in [-0.3, -0.25) is 19.0 Å². The second-order valence-corrected chi connectivity index (χ2v) is 7.51. The molecule has 0 saturated carbocycles. The quantitative estimate of drug-likeness (QED) is 0.284. The lowest BCUT2D eigenvalue weighted by molar-refractivity contribution is -0.113. The number of amides is 1. The number of ketones is 1. The smallest absolute Gasteiger partial charge is 0.263 e. The van der Waals surface area contributed by atoms with Crippen LogP contribution in [-0.4, -0.2) is 27.0 Å². The molecule has 3 aromatic rings. The van der Waals surface area contributed by atoms with Crippen LogP contribution < -0.4 is 10.9 Å². The van der Waals surface area contributed by atoms with Gasteiger partial charge in [0.15, 0.2) is 10.9 Å². The highest BCUT2D eigenvalue weighted by atomic mass is 32.2. The monoisotopic (exact) mass is 399 g/mol. The van der Waals surface area contributed by atoms with Gasteiger partial charge < -0.3 is 5.32 Å². The van der Waals surface area contributed by atoms with Crippen LogP contribution in [0, 0.1) is 0 Å². The van der Waals surface area contributed by atoms with Crippen molar-refractivity contribution in [1.82, 2.24) is 9.55 Å². The van der Waals surface area contributed by atoms with Gasteiger partial charge in [0.25, 0.3) is 5.56 Å². The minimum atomic E-state index is -0.278. The van der Waals surface area contributed by atoms with E-state index in [-0.39, 0.29) is 23.0 Å². The first kappa shape index (κ1) is 19.1. The van der Waals surface area contributed by atoms with Crippen LogP contribution in [0.15, 0.2) is 58.3 Å². The van der Waals surface area contributed by atoms with Crippen molar-refractivity contribution < 1.29 is 9.59 Å². The highest BCUT2D eigenvalue weighted by Crippen LogP contribution is 2.22. The summed E-state index contributed by atoms with van der Waals surface area (Å²) in [4.78, 5) is 41.8. The molecule has 0 aliphatic heterocycles. The number of anilines is 1. The maximum atomic E-state index is 12.6. The number of carbonyl (C=O) groups excluding carboxylic acids is 2. The molecule has 1 aromatic carbocycles. The van der Waals surface area contributed by atoms with Gasteiger partial charge in [0.1, 0.15) is 4.83 Å². The number of aromatic nitrogens is 2. The fraction of sp³-hybridized carbons (Fsp3) is 0.158. The van der Waals surface area contributed by atoms with E-state index in [1.807, 2.05) is 5.38 Å². The molecule has 8 heteroatoms. The number of Topliss-reactive ketones (excluding diaryl/α,β-unsaturated/α-hetero) is 1. The zero-order valence-electron chi connectivity index (χ0n) is 14.6. The van der Waals surface area contributed by atoms with Crippen LogP contribution >= 0.6 is 23.1 Å². The van der Waals surface area contributed by atoms with Crippen molar-refractivity contribution in [2.45, 2.75) is 18.6 Å². The van der Waals surface area contributed by atoms with Crippen molar-refractivity contribution in [3.8, 4) is 0 Å². The Morgan fingerprint density at radius 3 is 2.85 bits per heavy atom. The van der Waals surface area contributed by atoms with E-state index < -0.39 is 0 Å². The fourth-order valence-electron chi connectivity index (χ4n) is 2.55. The summed E-state index contributed by atoms with van der Waals surface area (Å²) in [5.74, 6) is -0.338. The molecule has 1 amide bonds. The predicted octanol–water partition coefficient (Wildman–Crippen LogP) is 3.58. The number of nitrogens with zero attached hydrogens (tertiary/aromatic N) is 2. The van der Waals surface area contributed by atoms with Crippen molar-refractivity contribution >= 4 is 50.7 Å². The zero-order valence-corrected chi connectivity index (χ0v) is 16.2. The molecular weight excluding hydrogens is 382 g/mol. The van der Waals surface area contributed by atoms with E-state index in [1.165, 1.54) is 34.6 Å². The van der Waals surface area contributed by atoms with Gasteiger partial charge in [0.05, 0.1) is 16.8 Å². The van der Waals surface area contributed by atoms with Gasteiger partial charge in [0.2, 0.25) is 5.91 Å². The minimum Gasteiger partial charge on any atom is -0.325 e.